The largest absolute Gasteiger partial charge is 0.464 e. The minimum atomic E-state index is -0.226. The van der Waals surface area contributed by atoms with Gasteiger partial charge in [0.1, 0.15) is 11.5 Å². The number of furan rings is 1. The molecule has 2 aromatic rings. The van der Waals surface area contributed by atoms with Crippen LogP contribution in [0.25, 0.3) is 0 Å². The van der Waals surface area contributed by atoms with Crippen molar-refractivity contribution in [1.29, 1.82) is 0 Å². The van der Waals surface area contributed by atoms with Crippen LogP contribution in [0.5, 0.6) is 0 Å². The number of carbonyl (C=O) groups is 1. The van der Waals surface area contributed by atoms with Gasteiger partial charge in [0.2, 0.25) is 5.95 Å². The van der Waals surface area contributed by atoms with Crippen molar-refractivity contribution in [1.82, 2.24) is 14.9 Å². The summed E-state index contributed by atoms with van der Waals surface area (Å²) in [7, 11) is 1.73. The average Bonchev–Trinajstić information content (AvgIpc) is 3.06. The summed E-state index contributed by atoms with van der Waals surface area (Å²) in [6.45, 7) is 4.44. The van der Waals surface area contributed by atoms with Crippen LogP contribution in [0.2, 0.25) is 5.02 Å². The Morgan fingerprint density at radius 2 is 2.12 bits per heavy atom. The van der Waals surface area contributed by atoms with E-state index in [1.807, 2.05) is 12.1 Å². The number of rotatable bonds is 5. The molecular formula is C19H23ClN4O2. The van der Waals surface area contributed by atoms with E-state index in [2.05, 4.69) is 21.8 Å². The third-order valence-corrected chi connectivity index (χ3v) is 5.50. The minimum absolute atomic E-state index is 0.226. The second-order valence-corrected chi connectivity index (χ2v) is 7.75. The average molecular weight is 375 g/mol. The number of hydrogen-bond acceptors (Lipinski definition) is 5. The quantitative estimate of drug-likeness (QED) is 0.798. The zero-order valence-electron chi connectivity index (χ0n) is 15.1. The molecule has 1 aliphatic carbocycles. The molecule has 2 aromatic heterocycles. The first-order chi connectivity index (χ1) is 12.5. The summed E-state index contributed by atoms with van der Waals surface area (Å²) in [6, 6.07) is 3.96. The van der Waals surface area contributed by atoms with E-state index in [9.17, 15) is 4.79 Å². The molecule has 7 heteroatoms. The lowest BCUT2D eigenvalue weighted by molar-refractivity contribution is 0.0769. The van der Waals surface area contributed by atoms with Crippen LogP contribution in [0.4, 0.5) is 5.95 Å². The van der Waals surface area contributed by atoms with Crippen LogP contribution < -0.4 is 4.90 Å². The molecule has 0 bridgehead atoms. The fraction of sp³-hybridized carbons (Fsp3) is 0.526. The standard InChI is InChI=1S/C19H23ClN4O2/c1-12-9-14(12)16-6-5-13(26-16)11-23(2)18(25)17-15(20)10-21-19(22-17)24-7-3-4-8-24/h5-6,10,12,14H,3-4,7-9,11H2,1-2H3/t12-,14+/m0/s1. The van der Waals surface area contributed by atoms with Crippen molar-refractivity contribution in [2.24, 2.45) is 5.92 Å². The third kappa shape index (κ3) is 3.43. The zero-order valence-corrected chi connectivity index (χ0v) is 15.9. The van der Waals surface area contributed by atoms with Crippen LogP contribution in [0.3, 0.4) is 0 Å². The first-order valence-corrected chi connectivity index (χ1v) is 9.52. The number of nitrogens with zero attached hydrogens (tertiary/aromatic N) is 4. The van der Waals surface area contributed by atoms with E-state index < -0.39 is 0 Å². The predicted octanol–water partition coefficient (Wildman–Crippen LogP) is 3.72. The molecule has 138 valence electrons. The Bertz CT molecular complexity index is 816. The van der Waals surface area contributed by atoms with E-state index in [0.717, 1.165) is 37.5 Å². The Labute approximate surface area is 158 Å². The van der Waals surface area contributed by atoms with Crippen molar-refractivity contribution in [3.63, 3.8) is 0 Å². The number of carbonyl (C=O) groups excluding carboxylic acids is 1. The Hall–Kier alpha value is -2.08. The van der Waals surface area contributed by atoms with Gasteiger partial charge in [-0.1, -0.05) is 18.5 Å². The van der Waals surface area contributed by atoms with Crippen LogP contribution in [-0.2, 0) is 6.54 Å². The molecule has 1 amide bonds. The maximum absolute atomic E-state index is 12.8. The van der Waals surface area contributed by atoms with Crippen molar-refractivity contribution in [2.45, 2.75) is 38.6 Å². The van der Waals surface area contributed by atoms with E-state index in [0.29, 0.717) is 24.3 Å². The molecule has 2 fully saturated rings. The molecule has 0 unspecified atom stereocenters. The molecular weight excluding hydrogens is 352 g/mol. The van der Waals surface area contributed by atoms with Gasteiger partial charge in [-0.15, -0.1) is 0 Å². The normalized spacial score (nSPS) is 21.9. The molecule has 1 saturated carbocycles. The third-order valence-electron chi connectivity index (χ3n) is 5.22. The molecule has 0 aromatic carbocycles. The van der Waals surface area contributed by atoms with E-state index >= 15 is 0 Å². The summed E-state index contributed by atoms with van der Waals surface area (Å²) in [4.78, 5) is 25.2. The van der Waals surface area contributed by atoms with Crippen LogP contribution in [0.1, 0.15) is 54.1 Å². The minimum Gasteiger partial charge on any atom is -0.464 e. The molecule has 6 nitrogen and oxygen atoms in total. The molecule has 2 aliphatic rings. The number of halogens is 1. The van der Waals surface area contributed by atoms with Crippen molar-refractivity contribution < 1.29 is 9.21 Å². The molecule has 26 heavy (non-hydrogen) atoms. The van der Waals surface area contributed by atoms with Gasteiger partial charge < -0.3 is 14.2 Å². The molecule has 0 spiro atoms. The lowest BCUT2D eigenvalue weighted by Crippen LogP contribution is -2.28. The topological polar surface area (TPSA) is 62.5 Å². The van der Waals surface area contributed by atoms with Gasteiger partial charge in [-0.3, -0.25) is 4.79 Å². The SMILES string of the molecule is C[C@H]1C[C@H]1c1ccc(CN(C)C(=O)c2nc(N3CCCC3)ncc2Cl)o1. The highest BCUT2D eigenvalue weighted by atomic mass is 35.5. The van der Waals surface area contributed by atoms with Crippen molar-refractivity contribution >= 4 is 23.5 Å². The van der Waals surface area contributed by atoms with Gasteiger partial charge >= 0.3 is 0 Å². The second-order valence-electron chi connectivity index (χ2n) is 7.35. The van der Waals surface area contributed by atoms with Crippen molar-refractivity contribution in [3.05, 3.63) is 40.6 Å². The lowest BCUT2D eigenvalue weighted by Gasteiger charge is -2.19. The van der Waals surface area contributed by atoms with Gasteiger partial charge in [0.25, 0.3) is 5.91 Å². The van der Waals surface area contributed by atoms with E-state index in [1.54, 1.807) is 11.9 Å². The predicted molar refractivity (Wildman–Crippen MR) is 99.5 cm³/mol. The fourth-order valence-corrected chi connectivity index (χ4v) is 3.63. The van der Waals surface area contributed by atoms with Gasteiger partial charge in [-0.25, -0.2) is 9.97 Å². The van der Waals surface area contributed by atoms with Gasteiger partial charge in [-0.05, 0) is 37.3 Å². The van der Waals surface area contributed by atoms with E-state index in [4.69, 9.17) is 16.0 Å². The molecule has 3 heterocycles. The first kappa shape index (κ1) is 17.3. The molecule has 4 rings (SSSR count). The van der Waals surface area contributed by atoms with Gasteiger partial charge in [0.15, 0.2) is 5.69 Å². The first-order valence-electron chi connectivity index (χ1n) is 9.14. The number of hydrogen-bond donors (Lipinski definition) is 0. The van der Waals surface area contributed by atoms with Crippen LogP contribution >= 0.6 is 11.6 Å². The highest BCUT2D eigenvalue weighted by molar-refractivity contribution is 6.33. The lowest BCUT2D eigenvalue weighted by atomic mass is 10.3. The van der Waals surface area contributed by atoms with Gasteiger partial charge in [0.05, 0.1) is 17.8 Å². The highest BCUT2D eigenvalue weighted by Gasteiger charge is 2.36. The summed E-state index contributed by atoms with van der Waals surface area (Å²) in [6.07, 6.45) is 4.94. The fourth-order valence-electron chi connectivity index (χ4n) is 3.46. The van der Waals surface area contributed by atoms with Crippen LogP contribution in [-0.4, -0.2) is 40.9 Å². The Morgan fingerprint density at radius 3 is 2.81 bits per heavy atom. The molecule has 1 aliphatic heterocycles. The van der Waals surface area contributed by atoms with Gasteiger partial charge in [-0.2, -0.15) is 0 Å². The summed E-state index contributed by atoms with van der Waals surface area (Å²) in [5.41, 5.74) is 0.244. The number of aromatic nitrogens is 2. The molecule has 1 saturated heterocycles. The summed E-state index contributed by atoms with van der Waals surface area (Å²) < 4.78 is 5.90. The van der Waals surface area contributed by atoms with Crippen LogP contribution in [0.15, 0.2) is 22.7 Å². The van der Waals surface area contributed by atoms with E-state index in [-0.39, 0.29) is 16.6 Å². The maximum Gasteiger partial charge on any atom is 0.274 e. The van der Waals surface area contributed by atoms with E-state index in [1.165, 1.54) is 12.6 Å². The summed E-state index contributed by atoms with van der Waals surface area (Å²) in [5, 5.41) is 0.275. The molecule has 2 atom stereocenters. The Morgan fingerprint density at radius 1 is 1.38 bits per heavy atom. The number of amides is 1. The van der Waals surface area contributed by atoms with Gasteiger partial charge in [0, 0.05) is 26.1 Å². The van der Waals surface area contributed by atoms with Crippen molar-refractivity contribution in [2.75, 3.05) is 25.0 Å². The maximum atomic E-state index is 12.8. The van der Waals surface area contributed by atoms with Crippen molar-refractivity contribution in [3.8, 4) is 0 Å². The molecule has 0 radical (unpaired) electrons. The summed E-state index contributed by atoms with van der Waals surface area (Å²) in [5.74, 6) is 3.37. The monoisotopic (exact) mass is 374 g/mol. The van der Waals surface area contributed by atoms with Crippen LogP contribution in [0, 0.1) is 5.92 Å². The Balaban J connectivity index is 1.47. The zero-order chi connectivity index (χ0) is 18.3. The number of anilines is 1. The molecule has 0 N–H and O–H groups in total. The summed E-state index contributed by atoms with van der Waals surface area (Å²) >= 11 is 6.20. The highest BCUT2D eigenvalue weighted by Crippen LogP contribution is 2.47. The second kappa shape index (κ2) is 6.91. The Kier molecular flexibility index (Phi) is 4.61. The smallest absolute Gasteiger partial charge is 0.274 e.